The summed E-state index contributed by atoms with van der Waals surface area (Å²) in [6.45, 7) is 2.66. The first kappa shape index (κ1) is 32.9. The van der Waals surface area contributed by atoms with Gasteiger partial charge in [-0.25, -0.2) is 8.42 Å². The quantitative estimate of drug-likeness (QED) is 0.248. The molecule has 230 valence electrons. The third-order valence-corrected chi connectivity index (χ3v) is 10.3. The predicted octanol–water partition coefficient (Wildman–Crippen LogP) is 6.64. The van der Waals surface area contributed by atoms with Gasteiger partial charge in [-0.1, -0.05) is 71.4 Å². The molecule has 1 saturated carbocycles. The zero-order valence-corrected chi connectivity index (χ0v) is 27.2. The molecule has 0 radical (unpaired) electrons. The van der Waals surface area contributed by atoms with Gasteiger partial charge in [-0.3, -0.25) is 13.9 Å². The van der Waals surface area contributed by atoms with Gasteiger partial charge in [-0.2, -0.15) is 0 Å². The molecule has 0 spiro atoms. The fourth-order valence-electron chi connectivity index (χ4n) is 5.04. The van der Waals surface area contributed by atoms with E-state index in [1.807, 2.05) is 6.92 Å². The van der Waals surface area contributed by atoms with Crippen molar-refractivity contribution in [2.45, 2.75) is 63.1 Å². The first-order chi connectivity index (χ1) is 20.4. The van der Waals surface area contributed by atoms with E-state index in [4.69, 9.17) is 39.5 Å². The molecule has 12 heteroatoms. The van der Waals surface area contributed by atoms with E-state index in [1.54, 1.807) is 43.3 Å². The van der Waals surface area contributed by atoms with E-state index in [-0.39, 0.29) is 39.8 Å². The minimum absolute atomic E-state index is 0.0185. The Bertz CT molecular complexity index is 1560. The van der Waals surface area contributed by atoms with Crippen LogP contribution in [0.2, 0.25) is 15.1 Å². The largest absolute Gasteiger partial charge is 0.495 e. The maximum Gasteiger partial charge on any atom is 0.264 e. The number of rotatable bonds is 11. The highest BCUT2D eigenvalue weighted by Crippen LogP contribution is 2.35. The van der Waals surface area contributed by atoms with Gasteiger partial charge in [-0.05, 0) is 69.2 Å². The van der Waals surface area contributed by atoms with Gasteiger partial charge >= 0.3 is 0 Å². The van der Waals surface area contributed by atoms with Gasteiger partial charge < -0.3 is 15.0 Å². The lowest BCUT2D eigenvalue weighted by molar-refractivity contribution is -0.139. The third-order valence-electron chi connectivity index (χ3n) is 7.56. The van der Waals surface area contributed by atoms with Crippen molar-refractivity contribution in [3.8, 4) is 5.75 Å². The smallest absolute Gasteiger partial charge is 0.264 e. The number of methoxy groups -OCH3 is 1. The second-order valence-electron chi connectivity index (χ2n) is 10.5. The van der Waals surface area contributed by atoms with Crippen LogP contribution in [0.3, 0.4) is 0 Å². The SMILES string of the molecule is COc1ccc(Cl)cc1N(CC(=O)N(Cc1c(Cl)cccc1Cl)[C@H](C)C(=O)NC1CCCC1)S(=O)(=O)c1ccc(C)cc1. The second-order valence-corrected chi connectivity index (χ2v) is 13.6. The molecule has 1 fully saturated rings. The molecule has 8 nitrogen and oxygen atoms in total. The van der Waals surface area contributed by atoms with E-state index < -0.39 is 28.5 Å². The summed E-state index contributed by atoms with van der Waals surface area (Å²) in [5, 5.41) is 3.91. The number of sulfonamides is 1. The lowest BCUT2D eigenvalue weighted by Gasteiger charge is -2.33. The molecule has 3 aromatic carbocycles. The van der Waals surface area contributed by atoms with E-state index in [0.717, 1.165) is 35.6 Å². The summed E-state index contributed by atoms with van der Waals surface area (Å²) in [6, 6.07) is 14.8. The zero-order valence-electron chi connectivity index (χ0n) is 24.1. The number of nitrogens with zero attached hydrogens (tertiary/aromatic N) is 2. The molecule has 0 heterocycles. The molecule has 1 atom stereocenters. The Morgan fingerprint density at radius 1 is 1.00 bits per heavy atom. The number of carbonyl (C=O) groups excluding carboxylic acids is 2. The molecule has 0 aliphatic heterocycles. The molecule has 43 heavy (non-hydrogen) atoms. The highest BCUT2D eigenvalue weighted by molar-refractivity contribution is 7.92. The summed E-state index contributed by atoms with van der Waals surface area (Å²) < 4.78 is 34.7. The molecule has 1 aliphatic carbocycles. The van der Waals surface area contributed by atoms with E-state index in [1.165, 1.54) is 36.3 Å². The molecular formula is C31H34Cl3N3O5S. The van der Waals surface area contributed by atoms with Crippen molar-refractivity contribution in [2.24, 2.45) is 0 Å². The number of halogens is 3. The number of amides is 2. The normalized spacial score (nSPS) is 14.3. The van der Waals surface area contributed by atoms with Crippen molar-refractivity contribution in [3.05, 3.63) is 86.9 Å². The average molecular weight is 667 g/mol. The van der Waals surface area contributed by atoms with Gasteiger partial charge in [0.05, 0.1) is 17.7 Å². The van der Waals surface area contributed by atoms with Gasteiger partial charge in [0, 0.05) is 33.2 Å². The molecule has 1 N–H and O–H groups in total. The van der Waals surface area contributed by atoms with Crippen molar-refractivity contribution in [3.63, 3.8) is 0 Å². The van der Waals surface area contributed by atoms with Crippen molar-refractivity contribution >= 4 is 62.3 Å². The van der Waals surface area contributed by atoms with Crippen LogP contribution in [0, 0.1) is 6.92 Å². The minimum Gasteiger partial charge on any atom is -0.495 e. The maximum atomic E-state index is 14.2. The number of hydrogen-bond acceptors (Lipinski definition) is 5. The Hall–Kier alpha value is -2.98. The van der Waals surface area contributed by atoms with Gasteiger partial charge in [0.2, 0.25) is 11.8 Å². The number of ether oxygens (including phenoxy) is 1. The standard InChI is InChI=1S/C31H34Cl3N3O5S/c1-20-11-14-24(15-12-20)43(40,41)37(28-17-22(32)13-16-29(28)42-3)19-30(38)36(18-25-26(33)9-6-10-27(25)34)21(2)31(39)35-23-7-4-5-8-23/h6,9-17,21,23H,4-5,7-8,18-19H2,1-3H3,(H,35,39)/t21-/m1/s1. The van der Waals surface area contributed by atoms with E-state index in [2.05, 4.69) is 5.32 Å². The maximum absolute atomic E-state index is 14.2. The van der Waals surface area contributed by atoms with Gasteiger partial charge in [0.1, 0.15) is 18.3 Å². The van der Waals surface area contributed by atoms with Crippen LogP contribution in [0.4, 0.5) is 5.69 Å². The van der Waals surface area contributed by atoms with Gasteiger partial charge in [0.15, 0.2) is 0 Å². The Morgan fingerprint density at radius 3 is 2.23 bits per heavy atom. The van der Waals surface area contributed by atoms with E-state index >= 15 is 0 Å². The molecular weight excluding hydrogens is 633 g/mol. The van der Waals surface area contributed by atoms with E-state index in [9.17, 15) is 18.0 Å². The summed E-state index contributed by atoms with van der Waals surface area (Å²) in [5.41, 5.74) is 1.38. The van der Waals surface area contributed by atoms with Crippen molar-refractivity contribution < 1.29 is 22.7 Å². The van der Waals surface area contributed by atoms with Crippen molar-refractivity contribution in [1.29, 1.82) is 0 Å². The Kier molecular flexibility index (Phi) is 10.9. The monoisotopic (exact) mass is 665 g/mol. The molecule has 0 unspecified atom stereocenters. The number of anilines is 1. The molecule has 3 aromatic rings. The highest BCUT2D eigenvalue weighted by atomic mass is 35.5. The lowest BCUT2D eigenvalue weighted by Crippen LogP contribution is -2.52. The minimum atomic E-state index is -4.31. The van der Waals surface area contributed by atoms with Gasteiger partial charge in [0.25, 0.3) is 10.0 Å². The van der Waals surface area contributed by atoms with Crippen LogP contribution in [0.25, 0.3) is 0 Å². The van der Waals surface area contributed by atoms with Crippen LogP contribution in [-0.2, 0) is 26.2 Å². The highest BCUT2D eigenvalue weighted by Gasteiger charge is 2.35. The van der Waals surface area contributed by atoms with Gasteiger partial charge in [-0.15, -0.1) is 0 Å². The first-order valence-electron chi connectivity index (χ1n) is 13.9. The number of nitrogens with one attached hydrogen (secondary N) is 1. The zero-order chi connectivity index (χ0) is 31.3. The predicted molar refractivity (Wildman–Crippen MR) is 171 cm³/mol. The molecule has 1 aliphatic rings. The number of aryl methyl sites for hydroxylation is 1. The Labute approximate surface area is 267 Å². The van der Waals surface area contributed by atoms with Crippen LogP contribution in [0.15, 0.2) is 65.6 Å². The number of benzene rings is 3. The van der Waals surface area contributed by atoms with Crippen molar-refractivity contribution in [1.82, 2.24) is 10.2 Å². The number of hydrogen-bond donors (Lipinski definition) is 1. The summed E-state index contributed by atoms with van der Waals surface area (Å²) in [4.78, 5) is 28.9. The molecule has 0 aromatic heterocycles. The Balaban J connectivity index is 1.77. The topological polar surface area (TPSA) is 96.0 Å². The van der Waals surface area contributed by atoms with Crippen LogP contribution in [-0.4, -0.2) is 50.9 Å². The summed E-state index contributed by atoms with van der Waals surface area (Å²) in [7, 11) is -2.91. The molecule has 2 amide bonds. The van der Waals surface area contributed by atoms with Crippen LogP contribution in [0.1, 0.15) is 43.7 Å². The lowest BCUT2D eigenvalue weighted by atomic mass is 10.1. The molecule has 4 rings (SSSR count). The summed E-state index contributed by atoms with van der Waals surface area (Å²) in [6.07, 6.45) is 3.76. The van der Waals surface area contributed by atoms with Crippen LogP contribution in [0.5, 0.6) is 5.75 Å². The fourth-order valence-corrected chi connectivity index (χ4v) is 7.14. The second kappa shape index (κ2) is 14.2. The first-order valence-corrected chi connectivity index (χ1v) is 16.5. The number of carbonyl (C=O) groups is 2. The Morgan fingerprint density at radius 2 is 1.63 bits per heavy atom. The fraction of sp³-hybridized carbons (Fsp3) is 0.355. The van der Waals surface area contributed by atoms with Crippen LogP contribution >= 0.6 is 34.8 Å². The van der Waals surface area contributed by atoms with Crippen LogP contribution < -0.4 is 14.4 Å². The average Bonchev–Trinajstić information content (AvgIpc) is 3.48. The summed E-state index contributed by atoms with van der Waals surface area (Å²) in [5.74, 6) is -0.805. The molecule has 0 bridgehead atoms. The van der Waals surface area contributed by atoms with Crippen molar-refractivity contribution in [2.75, 3.05) is 18.0 Å². The third kappa shape index (κ3) is 7.76. The molecule has 0 saturated heterocycles. The van der Waals surface area contributed by atoms with E-state index in [0.29, 0.717) is 15.6 Å². The summed E-state index contributed by atoms with van der Waals surface area (Å²) >= 11 is 19.2.